The van der Waals surface area contributed by atoms with Crippen LogP contribution in [-0.4, -0.2) is 38.3 Å². The molecule has 1 aromatic carbocycles. The lowest BCUT2D eigenvalue weighted by atomic mass is 10.0. The lowest BCUT2D eigenvalue weighted by molar-refractivity contribution is -0.118. The third-order valence-corrected chi connectivity index (χ3v) is 4.39. The standard InChI is InChI=1S/C14H13N5O3S2/c20-11(17-12-18-19-14(23)24-12)10(16-13(21)22)5-7-6-15-9-4-2-1-3-8(7)9/h1-4,6,10,15-16H,5H2,(H,19,23)(H,21,22)(H,17,18,20). The summed E-state index contributed by atoms with van der Waals surface area (Å²) in [5, 5.41) is 21.4. The predicted octanol–water partition coefficient (Wildman–Crippen LogP) is 2.50. The second-order valence-corrected chi connectivity index (χ2v) is 6.64. The van der Waals surface area contributed by atoms with Crippen LogP contribution in [0.5, 0.6) is 0 Å². The highest BCUT2D eigenvalue weighted by molar-refractivity contribution is 7.73. The molecule has 0 saturated carbocycles. The number of para-hydroxylation sites is 1. The van der Waals surface area contributed by atoms with Crippen molar-refractivity contribution in [2.24, 2.45) is 0 Å². The molecule has 0 saturated heterocycles. The second kappa shape index (κ2) is 6.81. The maximum atomic E-state index is 12.4. The molecule has 0 aliphatic rings. The normalized spacial score (nSPS) is 12.0. The molecule has 0 fully saturated rings. The van der Waals surface area contributed by atoms with Crippen LogP contribution in [0, 0.1) is 3.95 Å². The number of nitrogens with zero attached hydrogens (tertiary/aromatic N) is 1. The van der Waals surface area contributed by atoms with Crippen molar-refractivity contribution >= 4 is 51.6 Å². The predicted molar refractivity (Wildman–Crippen MR) is 92.9 cm³/mol. The highest BCUT2D eigenvalue weighted by Crippen LogP contribution is 2.20. The fourth-order valence-corrected chi connectivity index (χ4v) is 3.15. The molecule has 1 atom stereocenters. The maximum Gasteiger partial charge on any atom is 0.405 e. The number of aromatic amines is 2. The van der Waals surface area contributed by atoms with E-state index in [1.165, 1.54) is 0 Å². The number of rotatable bonds is 5. The van der Waals surface area contributed by atoms with Gasteiger partial charge in [-0.2, -0.15) is 0 Å². The van der Waals surface area contributed by atoms with E-state index in [-0.39, 0.29) is 6.42 Å². The molecule has 0 aliphatic carbocycles. The van der Waals surface area contributed by atoms with E-state index in [0.717, 1.165) is 27.8 Å². The number of benzene rings is 1. The minimum absolute atomic E-state index is 0.206. The molecule has 2 heterocycles. The largest absolute Gasteiger partial charge is 0.465 e. The number of H-pyrrole nitrogens is 2. The van der Waals surface area contributed by atoms with Gasteiger partial charge in [0.15, 0.2) is 3.95 Å². The Kier molecular flexibility index (Phi) is 4.58. The average Bonchev–Trinajstić information content (AvgIpc) is 3.13. The van der Waals surface area contributed by atoms with E-state index in [2.05, 4.69) is 25.8 Å². The molecule has 2 amide bonds. The van der Waals surface area contributed by atoms with Gasteiger partial charge in [0, 0.05) is 23.5 Å². The highest BCUT2D eigenvalue weighted by atomic mass is 32.1. The summed E-state index contributed by atoms with van der Waals surface area (Å²) < 4.78 is 0.421. The number of carbonyl (C=O) groups excluding carboxylic acids is 1. The average molecular weight is 363 g/mol. The summed E-state index contributed by atoms with van der Waals surface area (Å²) in [5.74, 6) is -0.500. The van der Waals surface area contributed by atoms with E-state index in [1.807, 2.05) is 24.3 Å². The Balaban J connectivity index is 1.81. The van der Waals surface area contributed by atoms with Crippen molar-refractivity contribution in [2.75, 3.05) is 5.32 Å². The summed E-state index contributed by atoms with van der Waals surface area (Å²) in [7, 11) is 0. The lowest BCUT2D eigenvalue weighted by Gasteiger charge is -2.15. The SMILES string of the molecule is O=C(O)NC(Cc1c[nH]c2ccccc12)C(=O)Nc1n[nH]c(=S)s1. The Morgan fingerprint density at radius 3 is 2.88 bits per heavy atom. The van der Waals surface area contributed by atoms with Crippen LogP contribution < -0.4 is 10.6 Å². The third-order valence-electron chi connectivity index (χ3n) is 3.38. The molecule has 0 aliphatic heterocycles. The Morgan fingerprint density at radius 1 is 1.38 bits per heavy atom. The smallest absolute Gasteiger partial charge is 0.405 e. The molecule has 8 nitrogen and oxygen atoms in total. The number of hydrogen-bond donors (Lipinski definition) is 5. The fourth-order valence-electron chi connectivity index (χ4n) is 2.35. The van der Waals surface area contributed by atoms with Gasteiger partial charge in [-0.15, -0.1) is 5.10 Å². The molecule has 0 bridgehead atoms. The van der Waals surface area contributed by atoms with Gasteiger partial charge in [0.05, 0.1) is 0 Å². The van der Waals surface area contributed by atoms with E-state index in [9.17, 15) is 9.59 Å². The van der Waals surface area contributed by atoms with Crippen molar-refractivity contribution in [1.82, 2.24) is 20.5 Å². The maximum absolute atomic E-state index is 12.4. The molecule has 10 heteroatoms. The molecule has 24 heavy (non-hydrogen) atoms. The minimum atomic E-state index is -1.27. The molecule has 3 aromatic rings. The van der Waals surface area contributed by atoms with Gasteiger partial charge in [0.2, 0.25) is 11.0 Å². The number of nitrogens with one attached hydrogen (secondary N) is 4. The Morgan fingerprint density at radius 2 is 2.17 bits per heavy atom. The van der Waals surface area contributed by atoms with Gasteiger partial charge in [-0.3, -0.25) is 15.2 Å². The number of carboxylic acid groups (broad SMARTS) is 1. The Hall–Kier alpha value is -2.72. The van der Waals surface area contributed by atoms with Crippen LogP contribution in [0.25, 0.3) is 10.9 Å². The van der Waals surface area contributed by atoms with E-state index in [1.54, 1.807) is 6.20 Å². The van der Waals surface area contributed by atoms with Gasteiger partial charge >= 0.3 is 6.09 Å². The van der Waals surface area contributed by atoms with Gasteiger partial charge in [0.25, 0.3) is 0 Å². The quantitative estimate of drug-likeness (QED) is 0.446. The Bertz CT molecular complexity index is 945. The summed E-state index contributed by atoms with van der Waals surface area (Å²) in [6, 6.07) is 6.65. The van der Waals surface area contributed by atoms with E-state index in [4.69, 9.17) is 17.3 Å². The van der Waals surface area contributed by atoms with Crippen molar-refractivity contribution in [3.05, 3.63) is 40.0 Å². The first kappa shape index (κ1) is 16.1. The summed E-state index contributed by atoms with van der Waals surface area (Å²) in [5.41, 5.74) is 1.77. The zero-order valence-electron chi connectivity index (χ0n) is 12.2. The van der Waals surface area contributed by atoms with Crippen molar-refractivity contribution in [3.63, 3.8) is 0 Å². The van der Waals surface area contributed by atoms with Crippen molar-refractivity contribution in [1.29, 1.82) is 0 Å². The second-order valence-electron chi connectivity index (χ2n) is 4.97. The molecule has 124 valence electrons. The van der Waals surface area contributed by atoms with Gasteiger partial charge in [-0.1, -0.05) is 29.5 Å². The van der Waals surface area contributed by atoms with Crippen LogP contribution in [0.1, 0.15) is 5.56 Å². The lowest BCUT2D eigenvalue weighted by Crippen LogP contribution is -2.44. The summed E-state index contributed by atoms with van der Waals surface area (Å²) >= 11 is 6.00. The van der Waals surface area contributed by atoms with Crippen molar-refractivity contribution in [2.45, 2.75) is 12.5 Å². The van der Waals surface area contributed by atoms with Crippen LogP contribution >= 0.6 is 23.6 Å². The summed E-state index contributed by atoms with van der Waals surface area (Å²) in [6.45, 7) is 0. The van der Waals surface area contributed by atoms with Gasteiger partial charge < -0.3 is 15.4 Å². The van der Waals surface area contributed by atoms with Crippen LogP contribution in [0.3, 0.4) is 0 Å². The number of anilines is 1. The summed E-state index contributed by atoms with van der Waals surface area (Å²) in [6.07, 6.45) is 0.704. The molecular weight excluding hydrogens is 350 g/mol. The van der Waals surface area contributed by atoms with Crippen LogP contribution in [0.2, 0.25) is 0 Å². The highest BCUT2D eigenvalue weighted by Gasteiger charge is 2.23. The number of fused-ring (bicyclic) bond motifs is 1. The van der Waals surface area contributed by atoms with Crippen LogP contribution in [-0.2, 0) is 11.2 Å². The molecule has 3 rings (SSSR count). The Labute approximate surface area is 144 Å². The number of hydrogen-bond acceptors (Lipinski definition) is 5. The number of amides is 2. The molecule has 0 spiro atoms. The topological polar surface area (TPSA) is 123 Å². The van der Waals surface area contributed by atoms with Crippen molar-refractivity contribution < 1.29 is 14.7 Å². The van der Waals surface area contributed by atoms with E-state index >= 15 is 0 Å². The molecule has 5 N–H and O–H groups in total. The first-order valence-electron chi connectivity index (χ1n) is 6.94. The molecule has 2 aromatic heterocycles. The third kappa shape index (κ3) is 3.60. The van der Waals surface area contributed by atoms with E-state index < -0.39 is 18.0 Å². The van der Waals surface area contributed by atoms with Crippen LogP contribution in [0.15, 0.2) is 30.5 Å². The fraction of sp³-hybridized carbons (Fsp3) is 0.143. The van der Waals surface area contributed by atoms with E-state index in [0.29, 0.717) is 9.09 Å². The zero-order valence-corrected chi connectivity index (χ0v) is 13.8. The molecule has 0 radical (unpaired) electrons. The first-order valence-corrected chi connectivity index (χ1v) is 8.16. The van der Waals surface area contributed by atoms with Gasteiger partial charge in [-0.05, 0) is 23.8 Å². The monoisotopic (exact) mass is 363 g/mol. The first-order chi connectivity index (χ1) is 11.5. The van der Waals surface area contributed by atoms with Gasteiger partial charge in [0.1, 0.15) is 6.04 Å². The van der Waals surface area contributed by atoms with Gasteiger partial charge in [-0.25, -0.2) is 4.79 Å². The minimum Gasteiger partial charge on any atom is -0.465 e. The zero-order chi connectivity index (χ0) is 17.1. The van der Waals surface area contributed by atoms with Crippen molar-refractivity contribution in [3.8, 4) is 0 Å². The number of carbonyl (C=O) groups is 2. The summed E-state index contributed by atoms with van der Waals surface area (Å²) in [4.78, 5) is 26.5. The van der Waals surface area contributed by atoms with Crippen LogP contribution in [0.4, 0.5) is 9.93 Å². The number of aromatic nitrogens is 3. The molecular formula is C14H13N5O3S2. The molecule has 1 unspecified atom stereocenters.